The molecular formula is C11H13IO2. The lowest BCUT2D eigenvalue weighted by Gasteiger charge is -2.03. The third kappa shape index (κ3) is 2.97. The predicted molar refractivity (Wildman–Crippen MR) is 64.7 cm³/mol. The first kappa shape index (κ1) is 11.5. The molecule has 76 valence electrons. The van der Waals surface area contributed by atoms with Gasteiger partial charge in [0.15, 0.2) is 0 Å². The average molecular weight is 304 g/mol. The molecule has 3 heteroatoms. The van der Waals surface area contributed by atoms with Crippen LogP contribution < -0.4 is 0 Å². The minimum Gasteiger partial charge on any atom is -0.478 e. The largest absolute Gasteiger partial charge is 0.478 e. The molecule has 1 aromatic rings. The third-order valence-electron chi connectivity index (χ3n) is 2.08. The number of carbonyl (C=O) groups is 1. The number of hydrogen-bond donors (Lipinski definition) is 1. The van der Waals surface area contributed by atoms with Gasteiger partial charge in [0.1, 0.15) is 0 Å². The van der Waals surface area contributed by atoms with Gasteiger partial charge in [-0.15, -0.1) is 0 Å². The molecule has 1 rings (SSSR count). The van der Waals surface area contributed by atoms with E-state index in [2.05, 4.69) is 29.5 Å². The minimum atomic E-state index is -0.851. The van der Waals surface area contributed by atoms with Crippen molar-refractivity contribution in [1.29, 1.82) is 0 Å². The summed E-state index contributed by atoms with van der Waals surface area (Å²) in [6.07, 6.45) is 3.35. The highest BCUT2D eigenvalue weighted by Crippen LogP contribution is 2.16. The molecule has 0 fully saturated rings. The molecule has 0 aromatic heterocycles. The molecular weight excluding hydrogens is 291 g/mol. The normalized spacial score (nSPS) is 10.1. The number of hydrogen-bond acceptors (Lipinski definition) is 1. The van der Waals surface area contributed by atoms with Crippen LogP contribution >= 0.6 is 22.6 Å². The van der Waals surface area contributed by atoms with Crippen LogP contribution in [0, 0.1) is 3.57 Å². The number of benzene rings is 1. The van der Waals surface area contributed by atoms with Gasteiger partial charge in [-0.3, -0.25) is 0 Å². The number of aryl methyl sites for hydroxylation is 1. The molecule has 0 saturated heterocycles. The Morgan fingerprint density at radius 3 is 2.71 bits per heavy atom. The SMILES string of the molecule is CCCCc1ccc(C(=O)O)c(I)c1. The third-order valence-corrected chi connectivity index (χ3v) is 2.98. The van der Waals surface area contributed by atoms with E-state index in [9.17, 15) is 4.79 Å². The summed E-state index contributed by atoms with van der Waals surface area (Å²) in [4.78, 5) is 10.7. The van der Waals surface area contributed by atoms with Crippen LogP contribution in [0.1, 0.15) is 35.7 Å². The lowest BCUT2D eigenvalue weighted by atomic mass is 10.1. The molecule has 2 nitrogen and oxygen atoms in total. The van der Waals surface area contributed by atoms with Crippen molar-refractivity contribution < 1.29 is 9.90 Å². The number of carboxylic acids is 1. The number of aromatic carboxylic acids is 1. The summed E-state index contributed by atoms with van der Waals surface area (Å²) in [7, 11) is 0. The molecule has 14 heavy (non-hydrogen) atoms. The lowest BCUT2D eigenvalue weighted by molar-refractivity contribution is 0.0695. The number of rotatable bonds is 4. The molecule has 1 aromatic carbocycles. The zero-order valence-electron chi connectivity index (χ0n) is 8.09. The van der Waals surface area contributed by atoms with E-state index in [-0.39, 0.29) is 0 Å². The van der Waals surface area contributed by atoms with Crippen LogP contribution in [0.3, 0.4) is 0 Å². The summed E-state index contributed by atoms with van der Waals surface area (Å²) in [5.41, 5.74) is 1.62. The summed E-state index contributed by atoms with van der Waals surface area (Å²) < 4.78 is 0.823. The van der Waals surface area contributed by atoms with E-state index in [0.29, 0.717) is 5.56 Å². The van der Waals surface area contributed by atoms with Crippen LogP contribution in [-0.4, -0.2) is 11.1 Å². The second-order valence-electron chi connectivity index (χ2n) is 3.22. The molecule has 0 aliphatic carbocycles. The van der Waals surface area contributed by atoms with Crippen molar-refractivity contribution >= 4 is 28.6 Å². The fourth-order valence-corrected chi connectivity index (χ4v) is 2.08. The molecule has 0 aliphatic heterocycles. The van der Waals surface area contributed by atoms with Gasteiger partial charge in [-0.2, -0.15) is 0 Å². The van der Waals surface area contributed by atoms with Crippen LogP contribution in [-0.2, 0) is 6.42 Å². The van der Waals surface area contributed by atoms with Gasteiger partial charge in [-0.05, 0) is 53.1 Å². The molecule has 0 atom stereocenters. The fourth-order valence-electron chi connectivity index (χ4n) is 1.27. The Morgan fingerprint density at radius 2 is 2.21 bits per heavy atom. The zero-order chi connectivity index (χ0) is 10.6. The maximum absolute atomic E-state index is 10.7. The average Bonchev–Trinajstić information content (AvgIpc) is 2.14. The van der Waals surface area contributed by atoms with Crippen molar-refractivity contribution in [3.8, 4) is 0 Å². The Morgan fingerprint density at radius 1 is 1.50 bits per heavy atom. The summed E-state index contributed by atoms with van der Waals surface area (Å²) >= 11 is 2.07. The first-order valence-corrected chi connectivity index (χ1v) is 5.74. The van der Waals surface area contributed by atoms with Gasteiger partial charge >= 0.3 is 5.97 Å². The van der Waals surface area contributed by atoms with E-state index < -0.39 is 5.97 Å². The molecule has 0 heterocycles. The van der Waals surface area contributed by atoms with Crippen LogP contribution in [0.25, 0.3) is 0 Å². The lowest BCUT2D eigenvalue weighted by Crippen LogP contribution is -2.00. The minimum absolute atomic E-state index is 0.394. The second kappa shape index (κ2) is 5.34. The topological polar surface area (TPSA) is 37.3 Å². The summed E-state index contributed by atoms with van der Waals surface area (Å²) in [5, 5.41) is 8.83. The first-order valence-electron chi connectivity index (χ1n) is 4.67. The maximum atomic E-state index is 10.7. The molecule has 0 bridgehead atoms. The van der Waals surface area contributed by atoms with Crippen molar-refractivity contribution in [3.05, 3.63) is 32.9 Å². The van der Waals surface area contributed by atoms with E-state index in [1.165, 1.54) is 5.56 Å². The van der Waals surface area contributed by atoms with Gasteiger partial charge in [0.2, 0.25) is 0 Å². The second-order valence-corrected chi connectivity index (χ2v) is 4.39. The molecule has 0 aliphatic rings. The van der Waals surface area contributed by atoms with E-state index in [4.69, 9.17) is 5.11 Å². The standard InChI is InChI=1S/C11H13IO2/c1-2-3-4-8-5-6-9(11(13)14)10(12)7-8/h5-7H,2-4H2,1H3,(H,13,14). The quantitative estimate of drug-likeness (QED) is 0.866. The molecule has 0 unspecified atom stereocenters. The molecule has 0 spiro atoms. The number of halogens is 1. The van der Waals surface area contributed by atoms with E-state index in [0.717, 1.165) is 22.8 Å². The smallest absolute Gasteiger partial charge is 0.336 e. The molecule has 1 N–H and O–H groups in total. The van der Waals surface area contributed by atoms with Gasteiger partial charge in [-0.25, -0.2) is 4.79 Å². The van der Waals surface area contributed by atoms with Crippen molar-refractivity contribution in [1.82, 2.24) is 0 Å². The summed E-state index contributed by atoms with van der Waals surface area (Å²) in [6, 6.07) is 5.55. The highest BCUT2D eigenvalue weighted by atomic mass is 127. The van der Waals surface area contributed by atoms with Gasteiger partial charge < -0.3 is 5.11 Å². The fraction of sp³-hybridized carbons (Fsp3) is 0.364. The molecule has 0 saturated carbocycles. The van der Waals surface area contributed by atoms with Crippen molar-refractivity contribution in [3.63, 3.8) is 0 Å². The highest BCUT2D eigenvalue weighted by Gasteiger charge is 2.07. The monoisotopic (exact) mass is 304 g/mol. The predicted octanol–water partition coefficient (Wildman–Crippen LogP) is 3.33. The Hall–Kier alpha value is -0.580. The first-order chi connectivity index (χ1) is 6.65. The number of unbranched alkanes of at least 4 members (excludes halogenated alkanes) is 1. The van der Waals surface area contributed by atoms with Crippen molar-refractivity contribution in [2.45, 2.75) is 26.2 Å². The van der Waals surface area contributed by atoms with E-state index in [1.807, 2.05) is 12.1 Å². The number of carboxylic acid groups (broad SMARTS) is 1. The highest BCUT2D eigenvalue weighted by molar-refractivity contribution is 14.1. The molecule has 0 amide bonds. The van der Waals surface area contributed by atoms with Crippen LogP contribution in [0.2, 0.25) is 0 Å². The van der Waals surface area contributed by atoms with Crippen LogP contribution in [0.5, 0.6) is 0 Å². The van der Waals surface area contributed by atoms with Crippen LogP contribution in [0.15, 0.2) is 18.2 Å². The summed E-state index contributed by atoms with van der Waals surface area (Å²) in [6.45, 7) is 2.15. The van der Waals surface area contributed by atoms with E-state index >= 15 is 0 Å². The Labute approximate surface area is 97.5 Å². The Bertz CT molecular complexity index is 334. The Kier molecular flexibility index (Phi) is 4.38. The van der Waals surface area contributed by atoms with Gasteiger partial charge in [0.05, 0.1) is 5.56 Å². The Balaban J connectivity index is 2.83. The van der Waals surface area contributed by atoms with Gasteiger partial charge in [0.25, 0.3) is 0 Å². The van der Waals surface area contributed by atoms with Gasteiger partial charge in [0, 0.05) is 3.57 Å². The molecule has 0 radical (unpaired) electrons. The summed E-state index contributed by atoms with van der Waals surface area (Å²) in [5.74, 6) is -0.851. The van der Waals surface area contributed by atoms with Crippen molar-refractivity contribution in [2.24, 2.45) is 0 Å². The zero-order valence-corrected chi connectivity index (χ0v) is 10.2. The van der Waals surface area contributed by atoms with Crippen LogP contribution in [0.4, 0.5) is 0 Å². The van der Waals surface area contributed by atoms with E-state index in [1.54, 1.807) is 6.07 Å². The maximum Gasteiger partial charge on any atom is 0.336 e. The van der Waals surface area contributed by atoms with Gasteiger partial charge in [-0.1, -0.05) is 19.4 Å². The van der Waals surface area contributed by atoms with Crippen molar-refractivity contribution in [2.75, 3.05) is 0 Å².